The van der Waals surface area contributed by atoms with E-state index in [1.807, 2.05) is 24.3 Å². The Hall–Kier alpha value is -3.09. The van der Waals surface area contributed by atoms with Crippen molar-refractivity contribution in [3.05, 3.63) is 81.6 Å². The van der Waals surface area contributed by atoms with Crippen LogP contribution in [0.2, 0.25) is 5.02 Å². The number of carbonyl (C=O) groups is 2. The van der Waals surface area contributed by atoms with Gasteiger partial charge < -0.3 is 19.7 Å². The fourth-order valence-corrected chi connectivity index (χ4v) is 4.49. The number of rotatable bonds is 4. The molecule has 160 valence electrons. The Morgan fingerprint density at radius 1 is 1.16 bits per heavy atom. The molecule has 6 nitrogen and oxygen atoms in total. The number of aliphatic hydroxyl groups excluding tert-OH is 1. The number of carboxylic acids is 1. The molecule has 0 spiro atoms. The van der Waals surface area contributed by atoms with Crippen molar-refractivity contribution in [3.63, 3.8) is 0 Å². The van der Waals surface area contributed by atoms with Crippen LogP contribution in [0.3, 0.4) is 0 Å². The standard InChI is InChI=1S/C24H23ClN2O4/c1-14-22(24(30)31)21(12-26(14)2)20-9-17(25)7-8-19(20)23(29)27-10-15-5-3-4-6-18(15)16(11-27)13-28/h3-9,12,16,28H,10-11,13H2,1-2H3,(H,30,31). The zero-order chi connectivity index (χ0) is 22.3. The van der Waals surface area contributed by atoms with Crippen LogP contribution in [0.15, 0.2) is 48.7 Å². The van der Waals surface area contributed by atoms with E-state index in [0.717, 1.165) is 11.1 Å². The maximum absolute atomic E-state index is 13.6. The Balaban J connectivity index is 1.80. The van der Waals surface area contributed by atoms with E-state index in [1.54, 1.807) is 47.8 Å². The fourth-order valence-electron chi connectivity index (χ4n) is 4.32. The SMILES string of the molecule is Cc1c(C(=O)O)c(-c2cc(Cl)ccc2C(=O)N2Cc3ccccc3C(CO)C2)cn1C. The predicted octanol–water partition coefficient (Wildman–Crippen LogP) is 4.08. The van der Waals surface area contributed by atoms with Crippen LogP contribution in [0, 0.1) is 6.92 Å². The second kappa shape index (κ2) is 8.21. The minimum absolute atomic E-state index is 0.0602. The molecule has 1 unspecified atom stereocenters. The van der Waals surface area contributed by atoms with E-state index < -0.39 is 5.97 Å². The Kier molecular flexibility index (Phi) is 5.60. The average Bonchev–Trinajstić information content (AvgIpc) is 3.06. The minimum Gasteiger partial charge on any atom is -0.478 e. The molecule has 1 amide bonds. The zero-order valence-corrected chi connectivity index (χ0v) is 18.1. The first-order valence-electron chi connectivity index (χ1n) is 9.98. The highest BCUT2D eigenvalue weighted by Crippen LogP contribution is 2.35. The van der Waals surface area contributed by atoms with Gasteiger partial charge in [0.2, 0.25) is 0 Å². The van der Waals surface area contributed by atoms with Crippen molar-refractivity contribution in [1.29, 1.82) is 0 Å². The van der Waals surface area contributed by atoms with Crippen molar-refractivity contribution < 1.29 is 19.8 Å². The number of carbonyl (C=O) groups excluding carboxylic acids is 1. The molecule has 3 aromatic rings. The molecule has 0 bridgehead atoms. The van der Waals surface area contributed by atoms with Crippen LogP contribution in [0.1, 0.15) is 43.5 Å². The van der Waals surface area contributed by atoms with E-state index >= 15 is 0 Å². The molecular weight excluding hydrogens is 416 g/mol. The van der Waals surface area contributed by atoms with Gasteiger partial charge in [-0.2, -0.15) is 0 Å². The van der Waals surface area contributed by atoms with Crippen LogP contribution in [0.25, 0.3) is 11.1 Å². The van der Waals surface area contributed by atoms with Crippen LogP contribution < -0.4 is 0 Å². The van der Waals surface area contributed by atoms with Gasteiger partial charge in [0, 0.05) is 54.1 Å². The molecule has 1 aromatic heterocycles. The number of halogens is 1. The quantitative estimate of drug-likeness (QED) is 0.642. The number of benzene rings is 2. The number of hydrogen-bond acceptors (Lipinski definition) is 3. The molecule has 0 saturated heterocycles. The average molecular weight is 439 g/mol. The largest absolute Gasteiger partial charge is 0.478 e. The minimum atomic E-state index is -1.06. The summed E-state index contributed by atoms with van der Waals surface area (Å²) in [5.41, 5.74) is 4.11. The number of amides is 1. The summed E-state index contributed by atoms with van der Waals surface area (Å²) in [6, 6.07) is 12.7. The van der Waals surface area contributed by atoms with Gasteiger partial charge in [-0.15, -0.1) is 0 Å². The lowest BCUT2D eigenvalue weighted by Gasteiger charge is -2.34. The Morgan fingerprint density at radius 2 is 1.90 bits per heavy atom. The molecule has 1 atom stereocenters. The van der Waals surface area contributed by atoms with Crippen LogP contribution in [-0.2, 0) is 13.6 Å². The van der Waals surface area contributed by atoms with E-state index in [-0.39, 0.29) is 24.0 Å². The number of aryl methyl sites for hydroxylation is 1. The summed E-state index contributed by atoms with van der Waals surface area (Å²) in [5.74, 6) is -1.45. The molecule has 2 heterocycles. The lowest BCUT2D eigenvalue weighted by atomic mass is 9.89. The van der Waals surface area contributed by atoms with Crippen molar-refractivity contribution in [3.8, 4) is 11.1 Å². The lowest BCUT2D eigenvalue weighted by molar-refractivity contribution is 0.0686. The van der Waals surface area contributed by atoms with Gasteiger partial charge in [-0.05, 0) is 41.8 Å². The third kappa shape index (κ3) is 3.73. The molecule has 0 aliphatic carbocycles. The molecule has 1 aliphatic heterocycles. The molecule has 2 N–H and O–H groups in total. The highest BCUT2D eigenvalue weighted by molar-refractivity contribution is 6.31. The Labute approximate surface area is 185 Å². The van der Waals surface area contributed by atoms with Crippen LogP contribution in [0.4, 0.5) is 0 Å². The van der Waals surface area contributed by atoms with Crippen LogP contribution >= 0.6 is 11.6 Å². The molecule has 0 saturated carbocycles. The van der Waals surface area contributed by atoms with Gasteiger partial charge in [-0.1, -0.05) is 35.9 Å². The third-order valence-electron chi connectivity index (χ3n) is 6.00. The number of aliphatic hydroxyl groups is 1. The van der Waals surface area contributed by atoms with Gasteiger partial charge in [0.05, 0.1) is 12.2 Å². The van der Waals surface area contributed by atoms with Crippen molar-refractivity contribution in [2.45, 2.75) is 19.4 Å². The molecule has 2 aromatic carbocycles. The molecule has 1 aliphatic rings. The summed E-state index contributed by atoms with van der Waals surface area (Å²) in [6.45, 7) is 2.48. The highest BCUT2D eigenvalue weighted by Gasteiger charge is 2.30. The van der Waals surface area contributed by atoms with Crippen molar-refractivity contribution in [2.75, 3.05) is 13.2 Å². The lowest BCUT2D eigenvalue weighted by Crippen LogP contribution is -2.39. The number of nitrogens with zero attached hydrogens (tertiary/aromatic N) is 2. The Bertz CT molecular complexity index is 1180. The van der Waals surface area contributed by atoms with E-state index in [4.69, 9.17) is 11.6 Å². The number of aromatic nitrogens is 1. The van der Waals surface area contributed by atoms with Crippen molar-refractivity contribution in [2.24, 2.45) is 7.05 Å². The molecule has 7 heteroatoms. The first-order chi connectivity index (χ1) is 14.8. The predicted molar refractivity (Wildman–Crippen MR) is 119 cm³/mol. The number of carboxylic acid groups (broad SMARTS) is 1. The highest BCUT2D eigenvalue weighted by atomic mass is 35.5. The van der Waals surface area contributed by atoms with E-state index in [2.05, 4.69) is 0 Å². The molecule has 0 radical (unpaired) electrons. The second-order valence-electron chi connectivity index (χ2n) is 7.87. The van der Waals surface area contributed by atoms with Gasteiger partial charge in [0.1, 0.15) is 0 Å². The summed E-state index contributed by atoms with van der Waals surface area (Å²) in [6.07, 6.45) is 1.71. The summed E-state index contributed by atoms with van der Waals surface area (Å²) >= 11 is 6.24. The smallest absolute Gasteiger partial charge is 0.338 e. The molecular formula is C24H23ClN2O4. The van der Waals surface area contributed by atoms with E-state index in [0.29, 0.717) is 40.5 Å². The maximum Gasteiger partial charge on any atom is 0.338 e. The monoisotopic (exact) mass is 438 g/mol. The summed E-state index contributed by atoms with van der Waals surface area (Å²) in [4.78, 5) is 27.2. The van der Waals surface area contributed by atoms with E-state index in [9.17, 15) is 19.8 Å². The molecule has 0 fully saturated rings. The number of fused-ring (bicyclic) bond motifs is 1. The topological polar surface area (TPSA) is 82.8 Å². The van der Waals surface area contributed by atoms with Gasteiger partial charge in [0.25, 0.3) is 5.91 Å². The first-order valence-corrected chi connectivity index (χ1v) is 10.4. The third-order valence-corrected chi connectivity index (χ3v) is 6.24. The molecule has 4 rings (SSSR count). The van der Waals surface area contributed by atoms with Gasteiger partial charge >= 0.3 is 5.97 Å². The second-order valence-corrected chi connectivity index (χ2v) is 8.31. The normalized spacial score (nSPS) is 15.6. The maximum atomic E-state index is 13.6. The Morgan fingerprint density at radius 3 is 2.61 bits per heavy atom. The van der Waals surface area contributed by atoms with Crippen molar-refractivity contribution >= 4 is 23.5 Å². The number of aromatic carboxylic acids is 1. The fraction of sp³-hybridized carbons (Fsp3) is 0.250. The van der Waals surface area contributed by atoms with Crippen molar-refractivity contribution in [1.82, 2.24) is 9.47 Å². The van der Waals surface area contributed by atoms with Gasteiger partial charge in [-0.25, -0.2) is 4.79 Å². The van der Waals surface area contributed by atoms with E-state index in [1.165, 1.54) is 0 Å². The summed E-state index contributed by atoms with van der Waals surface area (Å²) in [5, 5.41) is 20.1. The zero-order valence-electron chi connectivity index (χ0n) is 17.3. The molecule has 31 heavy (non-hydrogen) atoms. The first kappa shape index (κ1) is 21.2. The van der Waals surface area contributed by atoms with Crippen LogP contribution in [0.5, 0.6) is 0 Å². The summed E-state index contributed by atoms with van der Waals surface area (Å²) < 4.78 is 1.73. The van der Waals surface area contributed by atoms with Gasteiger partial charge in [-0.3, -0.25) is 4.79 Å². The van der Waals surface area contributed by atoms with Gasteiger partial charge in [0.15, 0.2) is 0 Å². The van der Waals surface area contributed by atoms with Crippen LogP contribution in [-0.4, -0.2) is 44.7 Å². The summed E-state index contributed by atoms with van der Waals surface area (Å²) in [7, 11) is 1.77. The number of hydrogen-bond donors (Lipinski definition) is 2.